The molecule has 3 heteroatoms. The van der Waals surface area contributed by atoms with Crippen molar-refractivity contribution in [2.75, 3.05) is 6.26 Å². The van der Waals surface area contributed by atoms with Crippen molar-refractivity contribution in [3.05, 3.63) is 30.9 Å². The molecule has 0 saturated carbocycles. The van der Waals surface area contributed by atoms with Crippen molar-refractivity contribution in [1.82, 2.24) is 4.98 Å². The average Bonchev–Trinajstić information content (AvgIpc) is 1.88. The maximum Gasteiger partial charge on any atom is 0.155 e. The van der Waals surface area contributed by atoms with Crippen LogP contribution in [0.2, 0.25) is 0 Å². The van der Waals surface area contributed by atoms with Crippen LogP contribution in [0.4, 0.5) is 0 Å². The third-order valence-electron chi connectivity index (χ3n) is 1.12. The smallest absolute Gasteiger partial charge is 0.155 e. The minimum atomic E-state index is -0.919. The monoisotopic (exact) mass is 154 g/mol. The van der Waals surface area contributed by atoms with Crippen LogP contribution in [-0.2, 0) is 11.2 Å². The molecule has 0 aliphatic carbocycles. The van der Waals surface area contributed by atoms with Gasteiger partial charge in [-0.1, -0.05) is 0 Å². The summed E-state index contributed by atoms with van der Waals surface area (Å²) < 4.78 is 10.9. The van der Waals surface area contributed by atoms with E-state index in [1.807, 2.05) is 0 Å². The van der Waals surface area contributed by atoms with Gasteiger partial charge in [-0.2, -0.15) is 0 Å². The highest BCUT2D eigenvalue weighted by molar-refractivity contribution is 7.90. The summed E-state index contributed by atoms with van der Waals surface area (Å²) in [6, 6.07) is 3.45. The first-order valence-corrected chi connectivity index (χ1v) is 4.37. The van der Waals surface area contributed by atoms with Crippen molar-refractivity contribution in [3.63, 3.8) is 0 Å². The van der Waals surface area contributed by atoms with E-state index in [9.17, 15) is 4.55 Å². The van der Waals surface area contributed by atoms with Crippen LogP contribution in [0.1, 0.15) is 5.69 Å². The van der Waals surface area contributed by atoms with Crippen LogP contribution in [-0.4, -0.2) is 15.8 Å². The Hall–Kier alpha value is -0.540. The van der Waals surface area contributed by atoms with Crippen molar-refractivity contribution in [3.8, 4) is 0 Å². The first-order chi connectivity index (χ1) is 4.70. The van der Waals surface area contributed by atoms with E-state index < -0.39 is 11.2 Å². The highest BCUT2D eigenvalue weighted by Crippen LogP contribution is 2.07. The quantitative estimate of drug-likeness (QED) is 0.566. The number of rotatable bonds is 1. The molecule has 0 fully saturated rings. The van der Waals surface area contributed by atoms with Crippen molar-refractivity contribution < 1.29 is 4.55 Å². The first kappa shape index (κ1) is 7.57. The van der Waals surface area contributed by atoms with Crippen molar-refractivity contribution in [2.45, 2.75) is 4.90 Å². The van der Waals surface area contributed by atoms with E-state index in [1.165, 1.54) is 0 Å². The van der Waals surface area contributed by atoms with Crippen LogP contribution in [0.25, 0.3) is 0 Å². The second-order valence-corrected chi connectivity index (χ2v) is 3.32. The minimum Gasteiger partial charge on any atom is -0.612 e. The molecule has 0 bridgehead atoms. The molecule has 53 valence electrons. The zero-order valence-corrected chi connectivity index (χ0v) is 6.52. The van der Waals surface area contributed by atoms with Crippen LogP contribution in [0.15, 0.2) is 23.2 Å². The van der Waals surface area contributed by atoms with Gasteiger partial charge < -0.3 is 4.55 Å². The van der Waals surface area contributed by atoms with Crippen molar-refractivity contribution in [2.24, 2.45) is 0 Å². The third kappa shape index (κ3) is 1.72. The summed E-state index contributed by atoms with van der Waals surface area (Å²) in [5, 5.41) is 0. The lowest BCUT2D eigenvalue weighted by atomic mass is 10.4. The molecule has 1 rings (SSSR count). The zero-order valence-electron chi connectivity index (χ0n) is 5.70. The molecule has 1 unspecified atom stereocenters. The van der Waals surface area contributed by atoms with Gasteiger partial charge in [-0.3, -0.25) is 4.98 Å². The summed E-state index contributed by atoms with van der Waals surface area (Å²) in [6.45, 7) is 3.62. The lowest BCUT2D eigenvalue weighted by Gasteiger charge is -2.02. The van der Waals surface area contributed by atoms with Crippen molar-refractivity contribution >= 4 is 11.2 Å². The fraction of sp³-hybridized carbons (Fsp3) is 0.143. The van der Waals surface area contributed by atoms with E-state index >= 15 is 0 Å². The number of hydrogen-bond donors (Lipinski definition) is 0. The van der Waals surface area contributed by atoms with E-state index in [4.69, 9.17) is 0 Å². The van der Waals surface area contributed by atoms with Crippen LogP contribution in [0.3, 0.4) is 0 Å². The standard InChI is InChI=1S/C7H8NOS/c1-6-5-7(10(2)9)3-4-8-6/h3-5H,1H2,2H3. The molecular formula is C7H8NOS. The van der Waals surface area contributed by atoms with Gasteiger partial charge >= 0.3 is 0 Å². The minimum absolute atomic E-state index is 0.660. The maximum atomic E-state index is 10.9. The van der Waals surface area contributed by atoms with Gasteiger partial charge in [-0.05, 0) is 18.1 Å². The predicted molar refractivity (Wildman–Crippen MR) is 41.0 cm³/mol. The molecule has 0 aliphatic rings. The van der Waals surface area contributed by atoms with Gasteiger partial charge in [0.2, 0.25) is 0 Å². The van der Waals surface area contributed by atoms with E-state index in [2.05, 4.69) is 11.9 Å². The van der Waals surface area contributed by atoms with E-state index in [0.717, 1.165) is 4.90 Å². The third-order valence-corrected chi connectivity index (χ3v) is 2.04. The predicted octanol–water partition coefficient (Wildman–Crippen LogP) is 1.00. The van der Waals surface area contributed by atoms with E-state index in [0.29, 0.717) is 5.69 Å². The molecule has 0 spiro atoms. The largest absolute Gasteiger partial charge is 0.612 e. The summed E-state index contributed by atoms with van der Waals surface area (Å²) >= 11 is -0.919. The van der Waals surface area contributed by atoms with E-state index in [-0.39, 0.29) is 0 Å². The highest BCUT2D eigenvalue weighted by Gasteiger charge is 2.01. The second-order valence-electron chi connectivity index (χ2n) is 1.94. The normalized spacial score (nSPS) is 13.1. The highest BCUT2D eigenvalue weighted by atomic mass is 32.2. The Morgan fingerprint density at radius 2 is 2.40 bits per heavy atom. The van der Waals surface area contributed by atoms with Gasteiger partial charge in [0.1, 0.15) is 6.26 Å². The Labute approximate surface area is 63.5 Å². The number of aromatic nitrogens is 1. The molecular weight excluding hydrogens is 146 g/mol. The second kappa shape index (κ2) is 3.03. The van der Waals surface area contributed by atoms with Crippen LogP contribution in [0.5, 0.6) is 0 Å². The van der Waals surface area contributed by atoms with Gasteiger partial charge in [0.25, 0.3) is 0 Å². The van der Waals surface area contributed by atoms with Crippen LogP contribution in [0, 0.1) is 6.92 Å². The number of hydrogen-bond acceptors (Lipinski definition) is 2. The molecule has 10 heavy (non-hydrogen) atoms. The van der Waals surface area contributed by atoms with Gasteiger partial charge in [0, 0.05) is 24.0 Å². The summed E-state index contributed by atoms with van der Waals surface area (Å²) in [7, 11) is 0. The van der Waals surface area contributed by atoms with Gasteiger partial charge in [0.05, 0.1) is 0 Å². The van der Waals surface area contributed by atoms with Crippen LogP contribution >= 0.6 is 0 Å². The first-order valence-electron chi connectivity index (χ1n) is 2.81. The molecule has 0 aliphatic heterocycles. The molecule has 0 aromatic carbocycles. The Kier molecular flexibility index (Phi) is 2.29. The molecule has 1 aromatic heterocycles. The Balaban J connectivity index is 2.96. The van der Waals surface area contributed by atoms with Crippen molar-refractivity contribution in [1.29, 1.82) is 0 Å². The van der Waals surface area contributed by atoms with Gasteiger partial charge in [-0.15, -0.1) is 0 Å². The summed E-state index contributed by atoms with van der Waals surface area (Å²) in [5.74, 6) is 0. The molecule has 2 nitrogen and oxygen atoms in total. The summed E-state index contributed by atoms with van der Waals surface area (Å²) in [5.41, 5.74) is 0.660. The summed E-state index contributed by atoms with van der Waals surface area (Å²) in [6.07, 6.45) is 3.24. The lowest BCUT2D eigenvalue weighted by molar-refractivity contribution is 0.600. The average molecular weight is 154 g/mol. The Morgan fingerprint density at radius 3 is 2.80 bits per heavy atom. The molecule has 0 N–H and O–H groups in total. The molecule has 0 saturated heterocycles. The SMILES string of the molecule is [CH2]c1cc([S+](C)[O-])ccn1. The fourth-order valence-electron chi connectivity index (χ4n) is 0.635. The molecule has 1 atom stereocenters. The molecule has 0 amide bonds. The van der Waals surface area contributed by atoms with Gasteiger partial charge in [-0.25, -0.2) is 0 Å². The molecule has 1 heterocycles. The lowest BCUT2D eigenvalue weighted by Crippen LogP contribution is -1.97. The maximum absolute atomic E-state index is 10.9. The van der Waals surface area contributed by atoms with Gasteiger partial charge in [0.15, 0.2) is 4.90 Å². The number of pyridine rings is 1. The topological polar surface area (TPSA) is 36.0 Å². The Morgan fingerprint density at radius 1 is 1.70 bits per heavy atom. The molecule has 1 aromatic rings. The summed E-state index contributed by atoms with van der Waals surface area (Å²) in [4.78, 5) is 4.65. The number of nitrogens with zero attached hydrogens (tertiary/aromatic N) is 1. The zero-order chi connectivity index (χ0) is 7.56. The molecule has 1 radical (unpaired) electrons. The van der Waals surface area contributed by atoms with Crippen LogP contribution < -0.4 is 0 Å². The Bertz CT molecular complexity index is 225. The van der Waals surface area contributed by atoms with E-state index in [1.54, 1.807) is 24.6 Å². The fourth-order valence-corrected chi connectivity index (χ4v) is 1.19.